The highest BCUT2D eigenvalue weighted by Gasteiger charge is 2.03. The molecule has 0 spiro atoms. The summed E-state index contributed by atoms with van der Waals surface area (Å²) in [6, 6.07) is 5.22. The minimum atomic E-state index is -0.334. The maximum atomic E-state index is 10.5. The molecule has 70 valence electrons. The van der Waals surface area contributed by atoms with Gasteiger partial charge in [-0.15, -0.1) is 0 Å². The zero-order chi connectivity index (χ0) is 9.84. The Morgan fingerprint density at radius 3 is 2.92 bits per heavy atom. The van der Waals surface area contributed by atoms with Crippen molar-refractivity contribution >= 4 is 23.3 Å². The number of ether oxygens (including phenoxy) is 1. The molecule has 0 aromatic heterocycles. The number of hydrogen-bond acceptors (Lipinski definition) is 3. The van der Waals surface area contributed by atoms with Crippen LogP contribution in [0.25, 0.3) is 0 Å². The molecule has 0 bridgehead atoms. The van der Waals surface area contributed by atoms with Crippen LogP contribution in [0.2, 0.25) is 5.02 Å². The number of nitrogen functional groups attached to an aromatic ring is 1. The first-order valence-electron chi connectivity index (χ1n) is 3.77. The Morgan fingerprint density at radius 1 is 1.62 bits per heavy atom. The van der Waals surface area contributed by atoms with Gasteiger partial charge in [0.1, 0.15) is 6.61 Å². The second kappa shape index (κ2) is 4.14. The van der Waals surface area contributed by atoms with E-state index in [1.54, 1.807) is 18.2 Å². The summed E-state index contributed by atoms with van der Waals surface area (Å²) in [5.41, 5.74) is 6.83. The number of rotatable bonds is 2. The van der Waals surface area contributed by atoms with Crippen molar-refractivity contribution in [2.45, 2.75) is 13.5 Å². The summed E-state index contributed by atoms with van der Waals surface area (Å²) in [7, 11) is 0. The highest BCUT2D eigenvalue weighted by atomic mass is 35.5. The minimum Gasteiger partial charge on any atom is -0.461 e. The number of nitrogens with two attached hydrogens (primary N) is 1. The largest absolute Gasteiger partial charge is 0.461 e. The summed E-state index contributed by atoms with van der Waals surface area (Å²) in [6.45, 7) is 1.52. The molecular formula is C9H10ClNO2. The summed E-state index contributed by atoms with van der Waals surface area (Å²) >= 11 is 5.76. The van der Waals surface area contributed by atoms with E-state index in [4.69, 9.17) is 22.1 Å². The van der Waals surface area contributed by atoms with Gasteiger partial charge in [0, 0.05) is 12.5 Å². The number of carbonyl (C=O) groups excluding carboxylic acids is 1. The summed E-state index contributed by atoms with van der Waals surface area (Å²) < 4.78 is 4.79. The molecule has 0 aliphatic carbocycles. The number of benzene rings is 1. The van der Waals surface area contributed by atoms with Crippen LogP contribution < -0.4 is 5.73 Å². The monoisotopic (exact) mass is 199 g/mol. The van der Waals surface area contributed by atoms with Crippen molar-refractivity contribution in [2.75, 3.05) is 5.73 Å². The van der Waals surface area contributed by atoms with Crippen molar-refractivity contribution in [3.63, 3.8) is 0 Å². The van der Waals surface area contributed by atoms with Crippen LogP contribution in [0.5, 0.6) is 0 Å². The number of hydrogen-bond donors (Lipinski definition) is 1. The van der Waals surface area contributed by atoms with Gasteiger partial charge in [0.05, 0.1) is 10.7 Å². The Bertz CT molecular complexity index is 325. The van der Waals surface area contributed by atoms with Crippen LogP contribution in [-0.2, 0) is 16.1 Å². The van der Waals surface area contributed by atoms with E-state index in [1.165, 1.54) is 6.92 Å². The number of anilines is 1. The van der Waals surface area contributed by atoms with Crippen LogP contribution in [0.3, 0.4) is 0 Å². The maximum Gasteiger partial charge on any atom is 0.302 e. The molecule has 4 heteroatoms. The van der Waals surface area contributed by atoms with Gasteiger partial charge in [-0.2, -0.15) is 0 Å². The fraction of sp³-hybridized carbons (Fsp3) is 0.222. The molecule has 0 amide bonds. The molecule has 0 unspecified atom stereocenters. The molecule has 1 aromatic rings. The molecule has 1 rings (SSSR count). The SMILES string of the molecule is CC(=O)OCc1cccc(Cl)c1N. The van der Waals surface area contributed by atoms with Gasteiger partial charge in [-0.3, -0.25) is 4.79 Å². The molecular weight excluding hydrogens is 190 g/mol. The Kier molecular flexibility index (Phi) is 3.14. The van der Waals surface area contributed by atoms with Crippen molar-refractivity contribution in [1.29, 1.82) is 0 Å². The van der Waals surface area contributed by atoms with Gasteiger partial charge >= 0.3 is 5.97 Å². The summed E-state index contributed by atoms with van der Waals surface area (Å²) in [5, 5.41) is 0.477. The Hall–Kier alpha value is -1.22. The minimum absolute atomic E-state index is 0.168. The predicted molar refractivity (Wildman–Crippen MR) is 51.3 cm³/mol. The van der Waals surface area contributed by atoms with Gasteiger partial charge in [0.15, 0.2) is 0 Å². The summed E-state index contributed by atoms with van der Waals surface area (Å²) in [5.74, 6) is -0.334. The van der Waals surface area contributed by atoms with E-state index in [9.17, 15) is 4.79 Å². The lowest BCUT2D eigenvalue weighted by atomic mass is 10.2. The van der Waals surface area contributed by atoms with Crippen LogP contribution in [0.15, 0.2) is 18.2 Å². The summed E-state index contributed by atoms with van der Waals surface area (Å²) in [4.78, 5) is 10.5. The van der Waals surface area contributed by atoms with Gasteiger partial charge in [-0.25, -0.2) is 0 Å². The fourth-order valence-electron chi connectivity index (χ4n) is 0.887. The van der Waals surface area contributed by atoms with Crippen LogP contribution in [0, 0.1) is 0 Å². The van der Waals surface area contributed by atoms with Crippen LogP contribution in [0.4, 0.5) is 5.69 Å². The Labute approximate surface area is 81.4 Å². The molecule has 0 heterocycles. The van der Waals surface area contributed by atoms with Gasteiger partial charge in [-0.1, -0.05) is 23.7 Å². The van der Waals surface area contributed by atoms with Gasteiger partial charge < -0.3 is 10.5 Å². The molecule has 0 saturated heterocycles. The van der Waals surface area contributed by atoms with Crippen LogP contribution >= 0.6 is 11.6 Å². The normalized spacial score (nSPS) is 9.69. The second-order valence-corrected chi connectivity index (χ2v) is 3.00. The zero-order valence-corrected chi connectivity index (χ0v) is 7.97. The maximum absolute atomic E-state index is 10.5. The predicted octanol–water partition coefficient (Wildman–Crippen LogP) is 1.99. The van der Waals surface area contributed by atoms with Gasteiger partial charge in [0.2, 0.25) is 0 Å². The molecule has 0 aliphatic heterocycles. The molecule has 0 atom stereocenters. The average molecular weight is 200 g/mol. The van der Waals surface area contributed by atoms with Crippen LogP contribution in [0.1, 0.15) is 12.5 Å². The van der Waals surface area contributed by atoms with Crippen molar-refractivity contribution in [1.82, 2.24) is 0 Å². The van der Waals surface area contributed by atoms with E-state index in [0.29, 0.717) is 10.7 Å². The lowest BCUT2D eigenvalue weighted by Crippen LogP contribution is -2.02. The smallest absolute Gasteiger partial charge is 0.302 e. The molecule has 2 N–H and O–H groups in total. The lowest BCUT2D eigenvalue weighted by Gasteiger charge is -2.06. The number of carbonyl (C=O) groups is 1. The quantitative estimate of drug-likeness (QED) is 0.586. The first-order chi connectivity index (χ1) is 6.11. The van der Waals surface area contributed by atoms with Crippen LogP contribution in [-0.4, -0.2) is 5.97 Å². The Balaban J connectivity index is 2.77. The number of para-hydroxylation sites is 1. The van der Waals surface area contributed by atoms with Crippen molar-refractivity contribution < 1.29 is 9.53 Å². The fourth-order valence-corrected chi connectivity index (χ4v) is 1.08. The first kappa shape index (κ1) is 9.86. The first-order valence-corrected chi connectivity index (χ1v) is 4.15. The average Bonchev–Trinajstić information content (AvgIpc) is 2.07. The van der Waals surface area contributed by atoms with Crippen molar-refractivity contribution in [3.05, 3.63) is 28.8 Å². The molecule has 0 radical (unpaired) electrons. The highest BCUT2D eigenvalue weighted by Crippen LogP contribution is 2.22. The van der Waals surface area contributed by atoms with E-state index >= 15 is 0 Å². The molecule has 0 saturated carbocycles. The van der Waals surface area contributed by atoms with E-state index in [0.717, 1.165) is 5.56 Å². The zero-order valence-electron chi connectivity index (χ0n) is 7.21. The van der Waals surface area contributed by atoms with E-state index < -0.39 is 0 Å². The molecule has 13 heavy (non-hydrogen) atoms. The molecule has 0 fully saturated rings. The highest BCUT2D eigenvalue weighted by molar-refractivity contribution is 6.33. The summed E-state index contributed by atoms with van der Waals surface area (Å²) in [6.07, 6.45) is 0. The number of esters is 1. The third kappa shape index (κ3) is 2.63. The standard InChI is InChI=1S/C9H10ClNO2/c1-6(12)13-5-7-3-2-4-8(10)9(7)11/h2-4H,5,11H2,1H3. The van der Waals surface area contributed by atoms with E-state index in [-0.39, 0.29) is 12.6 Å². The van der Waals surface area contributed by atoms with E-state index in [1.807, 2.05) is 0 Å². The lowest BCUT2D eigenvalue weighted by molar-refractivity contribution is -0.142. The van der Waals surface area contributed by atoms with Gasteiger partial charge in [-0.05, 0) is 6.07 Å². The second-order valence-electron chi connectivity index (χ2n) is 2.59. The molecule has 1 aromatic carbocycles. The Morgan fingerprint density at radius 2 is 2.31 bits per heavy atom. The topological polar surface area (TPSA) is 52.3 Å². The number of halogens is 1. The van der Waals surface area contributed by atoms with E-state index in [2.05, 4.69) is 0 Å². The van der Waals surface area contributed by atoms with Crippen molar-refractivity contribution in [2.24, 2.45) is 0 Å². The molecule has 0 aliphatic rings. The van der Waals surface area contributed by atoms with Gasteiger partial charge in [0.25, 0.3) is 0 Å². The molecule has 3 nitrogen and oxygen atoms in total. The third-order valence-electron chi connectivity index (χ3n) is 1.57. The van der Waals surface area contributed by atoms with Crippen molar-refractivity contribution in [3.8, 4) is 0 Å². The third-order valence-corrected chi connectivity index (χ3v) is 1.90.